The molecule has 0 aliphatic rings. The molecule has 1 N–H and O–H groups in total. The van der Waals surface area contributed by atoms with Crippen molar-refractivity contribution in [2.75, 3.05) is 6.54 Å². The zero-order valence-electron chi connectivity index (χ0n) is 11.5. The molecule has 1 unspecified atom stereocenters. The first-order valence-electron chi connectivity index (χ1n) is 6.08. The van der Waals surface area contributed by atoms with E-state index >= 15 is 0 Å². The molecule has 0 spiro atoms. The van der Waals surface area contributed by atoms with Crippen molar-refractivity contribution in [1.82, 2.24) is 5.32 Å². The molecule has 0 saturated heterocycles. The van der Waals surface area contributed by atoms with Crippen LogP contribution in [0.3, 0.4) is 0 Å². The predicted molar refractivity (Wildman–Crippen MR) is 67.4 cm³/mol. The minimum atomic E-state index is -0.479. The summed E-state index contributed by atoms with van der Waals surface area (Å²) in [5.41, 5.74) is -0.479. The number of nitrogens with zero attached hydrogens (tertiary/aromatic N) is 1. The highest BCUT2D eigenvalue weighted by atomic mass is 16.6. The van der Waals surface area contributed by atoms with E-state index in [1.54, 1.807) is 0 Å². The molecule has 98 valence electrons. The minimum Gasteiger partial charge on any atom is -0.444 e. The molecule has 0 radical (unpaired) electrons. The Kier molecular flexibility index (Phi) is 6.64. The number of amides is 1. The molecule has 0 heterocycles. The molecular formula is C13H24N2O2. The Balaban J connectivity index is 4.04. The van der Waals surface area contributed by atoms with Crippen LogP contribution in [0.4, 0.5) is 4.79 Å². The second-order valence-corrected chi connectivity index (χ2v) is 5.74. The summed E-state index contributed by atoms with van der Waals surface area (Å²) >= 11 is 0. The van der Waals surface area contributed by atoms with Crippen molar-refractivity contribution in [3.63, 3.8) is 0 Å². The summed E-state index contributed by atoms with van der Waals surface area (Å²) in [4.78, 5) is 11.4. The van der Waals surface area contributed by atoms with E-state index in [2.05, 4.69) is 25.2 Å². The molecule has 0 fully saturated rings. The highest BCUT2D eigenvalue weighted by Gasteiger charge is 2.17. The average Bonchev–Trinajstić information content (AvgIpc) is 2.11. The number of hydrogen-bond acceptors (Lipinski definition) is 3. The molecule has 1 atom stereocenters. The maximum atomic E-state index is 11.4. The van der Waals surface area contributed by atoms with E-state index in [1.807, 2.05) is 20.8 Å². The van der Waals surface area contributed by atoms with Crippen molar-refractivity contribution < 1.29 is 9.53 Å². The van der Waals surface area contributed by atoms with Crippen LogP contribution in [0.2, 0.25) is 0 Å². The number of nitrogens with one attached hydrogen (secondary N) is 1. The number of ether oxygens (including phenoxy) is 1. The third-order valence-electron chi connectivity index (χ3n) is 2.12. The Morgan fingerprint density at radius 1 is 1.41 bits per heavy atom. The zero-order chi connectivity index (χ0) is 13.5. The van der Waals surface area contributed by atoms with E-state index in [-0.39, 0.29) is 5.92 Å². The first-order valence-corrected chi connectivity index (χ1v) is 6.08. The van der Waals surface area contributed by atoms with Crippen LogP contribution >= 0.6 is 0 Å². The molecule has 17 heavy (non-hydrogen) atoms. The molecule has 4 heteroatoms. The smallest absolute Gasteiger partial charge is 0.407 e. The summed E-state index contributed by atoms with van der Waals surface area (Å²) in [6.07, 6.45) is 0.987. The maximum absolute atomic E-state index is 11.4. The molecule has 1 amide bonds. The molecular weight excluding hydrogens is 216 g/mol. The van der Waals surface area contributed by atoms with E-state index in [0.717, 1.165) is 6.42 Å². The standard InChI is InChI=1S/C13H24N2O2/c1-10(2)8-11(6-7-14)9-15-12(16)17-13(3,4)5/h10-11H,6,8-9H2,1-5H3,(H,15,16). The fraction of sp³-hybridized carbons (Fsp3) is 0.846. The van der Waals surface area contributed by atoms with E-state index in [9.17, 15) is 4.79 Å². The van der Waals surface area contributed by atoms with Crippen LogP contribution in [0.15, 0.2) is 0 Å². The highest BCUT2D eigenvalue weighted by molar-refractivity contribution is 5.67. The third-order valence-corrected chi connectivity index (χ3v) is 2.12. The molecule has 0 saturated carbocycles. The normalized spacial score (nSPS) is 13.0. The summed E-state index contributed by atoms with van der Waals surface area (Å²) in [5.74, 6) is 0.723. The summed E-state index contributed by atoms with van der Waals surface area (Å²) in [5, 5.41) is 11.4. The van der Waals surface area contributed by atoms with Gasteiger partial charge in [0.25, 0.3) is 0 Å². The van der Waals surface area contributed by atoms with Gasteiger partial charge >= 0.3 is 6.09 Å². The van der Waals surface area contributed by atoms with Crippen LogP contribution in [-0.2, 0) is 4.74 Å². The second-order valence-electron chi connectivity index (χ2n) is 5.74. The second kappa shape index (κ2) is 7.16. The van der Waals surface area contributed by atoms with Gasteiger partial charge in [-0.2, -0.15) is 5.26 Å². The number of rotatable bonds is 5. The van der Waals surface area contributed by atoms with Gasteiger partial charge in [0.15, 0.2) is 0 Å². The van der Waals surface area contributed by atoms with Gasteiger partial charge in [-0.1, -0.05) is 13.8 Å². The number of carbonyl (C=O) groups is 1. The van der Waals surface area contributed by atoms with Gasteiger partial charge in [0.1, 0.15) is 5.60 Å². The number of carbonyl (C=O) groups excluding carboxylic acids is 1. The van der Waals surface area contributed by atoms with Gasteiger partial charge in [-0.15, -0.1) is 0 Å². The maximum Gasteiger partial charge on any atom is 0.407 e. The lowest BCUT2D eigenvalue weighted by Gasteiger charge is -2.21. The quantitative estimate of drug-likeness (QED) is 0.803. The van der Waals surface area contributed by atoms with E-state index in [0.29, 0.717) is 18.9 Å². The number of hydrogen-bond donors (Lipinski definition) is 1. The summed E-state index contributed by atoms with van der Waals surface area (Å²) < 4.78 is 5.14. The van der Waals surface area contributed by atoms with Gasteiger partial charge in [-0.3, -0.25) is 0 Å². The molecule has 0 bridgehead atoms. The van der Waals surface area contributed by atoms with Crippen molar-refractivity contribution >= 4 is 6.09 Å². The zero-order valence-corrected chi connectivity index (χ0v) is 11.5. The van der Waals surface area contributed by atoms with Crippen LogP contribution < -0.4 is 5.32 Å². The van der Waals surface area contributed by atoms with Crippen LogP contribution in [0.1, 0.15) is 47.5 Å². The lowest BCUT2D eigenvalue weighted by atomic mass is 9.95. The van der Waals surface area contributed by atoms with Crippen molar-refractivity contribution in [1.29, 1.82) is 5.26 Å². The monoisotopic (exact) mass is 240 g/mol. The van der Waals surface area contributed by atoms with Crippen LogP contribution in [0, 0.1) is 23.2 Å². The highest BCUT2D eigenvalue weighted by Crippen LogP contribution is 2.14. The molecule has 0 rings (SSSR count). The van der Waals surface area contributed by atoms with Gasteiger partial charge in [0.2, 0.25) is 0 Å². The summed E-state index contributed by atoms with van der Waals surface area (Å²) in [7, 11) is 0. The van der Waals surface area contributed by atoms with Crippen molar-refractivity contribution in [3.8, 4) is 6.07 Å². The van der Waals surface area contributed by atoms with Crippen LogP contribution in [-0.4, -0.2) is 18.2 Å². The Labute approximate surface area is 104 Å². The van der Waals surface area contributed by atoms with Gasteiger partial charge in [0.05, 0.1) is 6.07 Å². The number of nitriles is 1. The lowest BCUT2D eigenvalue weighted by Crippen LogP contribution is -2.35. The fourth-order valence-electron chi connectivity index (χ4n) is 1.58. The molecule has 0 aliphatic heterocycles. The molecule has 0 aliphatic carbocycles. The third kappa shape index (κ3) is 9.68. The van der Waals surface area contributed by atoms with Crippen LogP contribution in [0.5, 0.6) is 0 Å². The lowest BCUT2D eigenvalue weighted by molar-refractivity contribution is 0.0517. The Bertz CT molecular complexity index is 274. The first kappa shape index (κ1) is 15.8. The van der Waals surface area contributed by atoms with Crippen molar-refractivity contribution in [2.24, 2.45) is 11.8 Å². The average molecular weight is 240 g/mol. The topological polar surface area (TPSA) is 62.1 Å². The summed E-state index contributed by atoms with van der Waals surface area (Å²) in [6.45, 7) is 10.2. The fourth-order valence-corrected chi connectivity index (χ4v) is 1.58. The summed E-state index contributed by atoms with van der Waals surface area (Å²) in [6, 6.07) is 2.15. The van der Waals surface area contributed by atoms with Crippen LogP contribution in [0.25, 0.3) is 0 Å². The molecule has 0 aromatic rings. The molecule has 0 aromatic carbocycles. The Morgan fingerprint density at radius 2 is 2.00 bits per heavy atom. The van der Waals surface area contributed by atoms with Crippen molar-refractivity contribution in [2.45, 2.75) is 53.1 Å². The minimum absolute atomic E-state index is 0.201. The van der Waals surface area contributed by atoms with Gasteiger partial charge in [0, 0.05) is 13.0 Å². The van der Waals surface area contributed by atoms with Crippen molar-refractivity contribution in [3.05, 3.63) is 0 Å². The SMILES string of the molecule is CC(C)CC(CC#N)CNC(=O)OC(C)(C)C. The Morgan fingerprint density at radius 3 is 2.41 bits per heavy atom. The van der Waals surface area contributed by atoms with Gasteiger partial charge < -0.3 is 10.1 Å². The largest absolute Gasteiger partial charge is 0.444 e. The Hall–Kier alpha value is -1.24. The molecule has 4 nitrogen and oxygen atoms in total. The van der Waals surface area contributed by atoms with Gasteiger partial charge in [-0.25, -0.2) is 4.79 Å². The number of alkyl carbamates (subject to hydrolysis) is 1. The van der Waals surface area contributed by atoms with Gasteiger partial charge in [-0.05, 0) is 39.0 Å². The molecule has 0 aromatic heterocycles. The van der Waals surface area contributed by atoms with E-state index in [1.165, 1.54) is 0 Å². The van der Waals surface area contributed by atoms with E-state index in [4.69, 9.17) is 10.00 Å². The van der Waals surface area contributed by atoms with E-state index < -0.39 is 11.7 Å². The predicted octanol–water partition coefficient (Wildman–Crippen LogP) is 3.09. The first-order chi connectivity index (χ1) is 7.74.